The molecule has 2 N–H and O–H groups in total. The fourth-order valence-electron chi connectivity index (χ4n) is 3.67. The molecule has 5 nitrogen and oxygen atoms in total. The Morgan fingerprint density at radius 1 is 0.875 bits per heavy atom. The standard InChI is InChI=1S/C27H24N2O3/c28-16-25(26(30)15-20-8-11-24-17-29-13-12-23(24)14-20)21-9-6-19(7-10-21)18-32-27(31)22-4-2-1-3-5-22/h1-14,17,25H,15-16,18,28H2/t25-/m1/s1. The number of hydrogen-bond acceptors (Lipinski definition) is 5. The minimum Gasteiger partial charge on any atom is -0.457 e. The lowest BCUT2D eigenvalue weighted by atomic mass is 9.90. The van der Waals surface area contributed by atoms with Crippen LogP contribution in [0.4, 0.5) is 0 Å². The van der Waals surface area contributed by atoms with Crippen molar-refractivity contribution in [2.45, 2.75) is 18.9 Å². The zero-order valence-corrected chi connectivity index (χ0v) is 17.6. The molecule has 32 heavy (non-hydrogen) atoms. The van der Waals surface area contributed by atoms with E-state index in [1.54, 1.807) is 30.5 Å². The lowest BCUT2D eigenvalue weighted by molar-refractivity contribution is -0.119. The van der Waals surface area contributed by atoms with Crippen molar-refractivity contribution in [1.82, 2.24) is 4.98 Å². The number of nitrogens with two attached hydrogens (primary N) is 1. The number of rotatable bonds is 8. The molecule has 5 heteroatoms. The number of ketones is 1. The molecule has 0 unspecified atom stereocenters. The van der Waals surface area contributed by atoms with Crippen molar-refractivity contribution in [2.24, 2.45) is 5.73 Å². The van der Waals surface area contributed by atoms with Crippen LogP contribution in [0, 0.1) is 0 Å². The highest BCUT2D eigenvalue weighted by molar-refractivity contribution is 5.90. The minimum absolute atomic E-state index is 0.0733. The third-order valence-corrected chi connectivity index (χ3v) is 5.47. The molecule has 160 valence electrons. The van der Waals surface area contributed by atoms with E-state index in [-0.39, 0.29) is 30.8 Å². The summed E-state index contributed by atoms with van der Waals surface area (Å²) < 4.78 is 5.37. The SMILES string of the molecule is NC[C@@H](C(=O)Cc1ccc2cnccc2c1)c1ccc(COC(=O)c2ccccc2)cc1. The summed E-state index contributed by atoms with van der Waals surface area (Å²) in [6.07, 6.45) is 3.87. The first-order chi connectivity index (χ1) is 15.6. The number of esters is 1. The predicted molar refractivity (Wildman–Crippen MR) is 124 cm³/mol. The number of pyridine rings is 1. The van der Waals surface area contributed by atoms with Crippen LogP contribution in [0.3, 0.4) is 0 Å². The van der Waals surface area contributed by atoms with E-state index in [9.17, 15) is 9.59 Å². The molecule has 0 amide bonds. The summed E-state index contributed by atoms with van der Waals surface area (Å²) in [6, 6.07) is 24.3. The van der Waals surface area contributed by atoms with E-state index in [1.165, 1.54) is 0 Å². The number of nitrogens with zero attached hydrogens (tertiary/aromatic N) is 1. The number of carbonyl (C=O) groups is 2. The molecule has 0 fully saturated rings. The van der Waals surface area contributed by atoms with Crippen molar-refractivity contribution in [1.29, 1.82) is 0 Å². The van der Waals surface area contributed by atoms with E-state index in [0.29, 0.717) is 12.0 Å². The third kappa shape index (κ3) is 5.07. The van der Waals surface area contributed by atoms with E-state index < -0.39 is 0 Å². The van der Waals surface area contributed by atoms with Gasteiger partial charge in [0, 0.05) is 30.7 Å². The van der Waals surface area contributed by atoms with Gasteiger partial charge >= 0.3 is 5.97 Å². The van der Waals surface area contributed by atoms with Crippen LogP contribution in [0.25, 0.3) is 10.8 Å². The quantitative estimate of drug-likeness (QED) is 0.423. The Morgan fingerprint density at radius 3 is 2.38 bits per heavy atom. The number of carbonyl (C=O) groups excluding carboxylic acids is 2. The highest BCUT2D eigenvalue weighted by Crippen LogP contribution is 2.21. The summed E-state index contributed by atoms with van der Waals surface area (Å²) in [7, 11) is 0. The van der Waals surface area contributed by atoms with Gasteiger partial charge in [0.2, 0.25) is 0 Å². The largest absolute Gasteiger partial charge is 0.457 e. The third-order valence-electron chi connectivity index (χ3n) is 5.47. The van der Waals surface area contributed by atoms with Crippen LogP contribution in [0.1, 0.15) is 33.0 Å². The fraction of sp³-hybridized carbons (Fsp3) is 0.148. The number of ether oxygens (including phenoxy) is 1. The maximum atomic E-state index is 13.0. The number of aromatic nitrogens is 1. The molecule has 1 heterocycles. The predicted octanol–water partition coefficient (Wildman–Crippen LogP) is 4.45. The molecule has 0 aliphatic rings. The molecule has 3 aromatic carbocycles. The van der Waals surface area contributed by atoms with Crippen LogP contribution in [0.15, 0.2) is 91.3 Å². The number of Topliss-reactive ketones (excluding diaryl/α,β-unsaturated/α-hetero) is 1. The zero-order chi connectivity index (χ0) is 22.3. The summed E-state index contributed by atoms with van der Waals surface area (Å²) in [4.78, 5) is 29.2. The molecule has 1 aromatic heterocycles. The molecule has 1 atom stereocenters. The lowest BCUT2D eigenvalue weighted by Gasteiger charge is -2.15. The zero-order valence-electron chi connectivity index (χ0n) is 17.6. The van der Waals surface area contributed by atoms with Crippen molar-refractivity contribution in [3.8, 4) is 0 Å². The molecule has 4 aromatic rings. The maximum absolute atomic E-state index is 13.0. The van der Waals surface area contributed by atoms with E-state index in [4.69, 9.17) is 10.5 Å². The molecule has 0 aliphatic carbocycles. The minimum atomic E-state index is -0.385. The van der Waals surface area contributed by atoms with Gasteiger partial charge in [-0.25, -0.2) is 4.79 Å². The van der Waals surface area contributed by atoms with Crippen molar-refractivity contribution < 1.29 is 14.3 Å². The second kappa shape index (κ2) is 9.98. The van der Waals surface area contributed by atoms with Gasteiger partial charge in [-0.1, -0.05) is 60.7 Å². The monoisotopic (exact) mass is 424 g/mol. The summed E-state index contributed by atoms with van der Waals surface area (Å²) in [5.41, 5.74) is 9.14. The van der Waals surface area contributed by atoms with E-state index >= 15 is 0 Å². The van der Waals surface area contributed by atoms with Crippen LogP contribution in [-0.2, 0) is 22.6 Å². The highest BCUT2D eigenvalue weighted by Gasteiger charge is 2.19. The summed E-state index contributed by atoms with van der Waals surface area (Å²) in [5, 5.41) is 2.10. The van der Waals surface area contributed by atoms with Gasteiger partial charge in [-0.15, -0.1) is 0 Å². The van der Waals surface area contributed by atoms with E-state index in [2.05, 4.69) is 4.98 Å². The first-order valence-corrected chi connectivity index (χ1v) is 10.5. The number of hydrogen-bond donors (Lipinski definition) is 1. The van der Waals surface area contributed by atoms with Gasteiger partial charge < -0.3 is 10.5 Å². The van der Waals surface area contributed by atoms with Crippen molar-refractivity contribution >= 4 is 22.5 Å². The van der Waals surface area contributed by atoms with Crippen molar-refractivity contribution in [3.63, 3.8) is 0 Å². The van der Waals surface area contributed by atoms with E-state index in [1.807, 2.05) is 60.8 Å². The molecular weight excluding hydrogens is 400 g/mol. The highest BCUT2D eigenvalue weighted by atomic mass is 16.5. The van der Waals surface area contributed by atoms with Gasteiger partial charge in [0.25, 0.3) is 0 Å². The summed E-state index contributed by atoms with van der Waals surface area (Å²) in [6.45, 7) is 0.403. The number of fused-ring (bicyclic) bond motifs is 1. The first-order valence-electron chi connectivity index (χ1n) is 10.5. The maximum Gasteiger partial charge on any atom is 0.338 e. The topological polar surface area (TPSA) is 82.3 Å². The Kier molecular flexibility index (Phi) is 6.68. The normalized spacial score (nSPS) is 11.8. The summed E-state index contributed by atoms with van der Waals surface area (Å²) in [5.74, 6) is -0.677. The first kappa shape index (κ1) is 21.4. The molecule has 0 bridgehead atoms. The van der Waals surface area contributed by atoms with Crippen LogP contribution < -0.4 is 5.73 Å². The van der Waals surface area contributed by atoms with Gasteiger partial charge in [0.05, 0.1) is 11.5 Å². The molecule has 0 saturated heterocycles. The Balaban J connectivity index is 1.39. The molecule has 0 aliphatic heterocycles. The second-order valence-corrected chi connectivity index (χ2v) is 7.67. The van der Waals surface area contributed by atoms with Gasteiger partial charge in [0.15, 0.2) is 0 Å². The average molecular weight is 425 g/mol. The fourth-order valence-corrected chi connectivity index (χ4v) is 3.67. The van der Waals surface area contributed by atoms with Crippen molar-refractivity contribution in [3.05, 3.63) is 114 Å². The van der Waals surface area contributed by atoms with Crippen LogP contribution in [0.2, 0.25) is 0 Å². The second-order valence-electron chi connectivity index (χ2n) is 7.67. The lowest BCUT2D eigenvalue weighted by Crippen LogP contribution is -2.23. The Morgan fingerprint density at radius 2 is 1.62 bits per heavy atom. The smallest absolute Gasteiger partial charge is 0.338 e. The van der Waals surface area contributed by atoms with Crippen LogP contribution >= 0.6 is 0 Å². The molecular formula is C27H24N2O3. The van der Waals surface area contributed by atoms with Gasteiger partial charge in [-0.05, 0) is 40.3 Å². The molecule has 4 rings (SSSR count). The number of benzene rings is 3. The van der Waals surface area contributed by atoms with Gasteiger partial charge in [0.1, 0.15) is 12.4 Å². The van der Waals surface area contributed by atoms with E-state index in [0.717, 1.165) is 27.5 Å². The summed E-state index contributed by atoms with van der Waals surface area (Å²) >= 11 is 0. The molecule has 0 saturated carbocycles. The van der Waals surface area contributed by atoms with Crippen LogP contribution in [-0.4, -0.2) is 23.3 Å². The Bertz CT molecular complexity index is 1220. The van der Waals surface area contributed by atoms with Gasteiger partial charge in [-0.2, -0.15) is 0 Å². The Labute approximate surface area is 186 Å². The van der Waals surface area contributed by atoms with Crippen LogP contribution in [0.5, 0.6) is 0 Å². The molecule has 0 radical (unpaired) electrons. The molecule has 0 spiro atoms. The average Bonchev–Trinajstić information content (AvgIpc) is 2.84. The Hall–Kier alpha value is -3.83. The van der Waals surface area contributed by atoms with Gasteiger partial charge in [-0.3, -0.25) is 9.78 Å². The van der Waals surface area contributed by atoms with Crippen molar-refractivity contribution in [2.75, 3.05) is 6.54 Å².